The maximum atomic E-state index is 12.3. The molecule has 0 radical (unpaired) electrons. The van der Waals surface area contributed by atoms with Crippen LogP contribution in [0, 0.1) is 24.7 Å². The van der Waals surface area contributed by atoms with Crippen molar-refractivity contribution in [2.24, 2.45) is 17.8 Å². The number of ketones is 1. The number of rotatable bonds is 12. The Morgan fingerprint density at radius 1 is 1.40 bits per heavy atom. The molecule has 0 aliphatic heterocycles. The molecule has 1 fully saturated rings. The molecule has 0 aromatic carbocycles. The van der Waals surface area contributed by atoms with Gasteiger partial charge in [-0.25, -0.2) is 0 Å². The van der Waals surface area contributed by atoms with Crippen LogP contribution in [0.4, 0.5) is 0 Å². The van der Waals surface area contributed by atoms with Gasteiger partial charge in [0.1, 0.15) is 0 Å². The van der Waals surface area contributed by atoms with Crippen molar-refractivity contribution in [1.82, 2.24) is 0 Å². The number of allylic oxidation sites excluding steroid dienone is 3. The van der Waals surface area contributed by atoms with Crippen LogP contribution in [-0.2, 0) is 9.59 Å². The van der Waals surface area contributed by atoms with Gasteiger partial charge in [0, 0.05) is 0 Å². The number of thiophene rings is 1. The minimum atomic E-state index is -0.788. The monoisotopic (exact) mass is 494 g/mol. The summed E-state index contributed by atoms with van der Waals surface area (Å²) in [5.41, 5.74) is 0. The van der Waals surface area contributed by atoms with Gasteiger partial charge in [-0.05, 0) is 0 Å². The summed E-state index contributed by atoms with van der Waals surface area (Å²) in [6.45, 7) is 1.95. The second-order valence-electron chi connectivity index (χ2n) is 7.52. The molecule has 162 valence electrons. The molecule has 2 N–H and O–H groups in total. The van der Waals surface area contributed by atoms with E-state index in [-0.39, 0.29) is 36.6 Å². The van der Waals surface area contributed by atoms with Crippen molar-refractivity contribution in [3.05, 3.63) is 39.7 Å². The molecule has 2 rings (SSSR count). The van der Waals surface area contributed by atoms with E-state index in [1.165, 1.54) is 11.3 Å². The zero-order valence-corrected chi connectivity index (χ0v) is 19.5. The topological polar surface area (TPSA) is 83.8 Å². The fourth-order valence-corrected chi connectivity index (χ4v) is 5.05. The fraction of sp³-hybridized carbons (Fsp3) is 0.500. The average molecular weight is 495 g/mol. The van der Waals surface area contributed by atoms with Crippen LogP contribution in [0.25, 0.3) is 0 Å². The molecule has 30 heavy (non-hydrogen) atoms. The van der Waals surface area contributed by atoms with Gasteiger partial charge in [0.25, 0.3) is 0 Å². The van der Waals surface area contributed by atoms with Crippen molar-refractivity contribution >= 4 is 52.5 Å². The number of unbranched alkanes of at least 4 members (excludes halogenated alkanes) is 1. The zero-order valence-electron chi connectivity index (χ0n) is 17.1. The molecule has 1 saturated carbocycles. The van der Waals surface area contributed by atoms with Crippen molar-refractivity contribution in [1.29, 1.82) is 0 Å². The van der Waals surface area contributed by atoms with Crippen molar-refractivity contribution in [3.8, 4) is 5.06 Å². The first-order valence-electron chi connectivity index (χ1n) is 10.1. The Morgan fingerprint density at radius 3 is 2.80 bits per heavy atom. The van der Waals surface area contributed by atoms with Crippen LogP contribution in [0.2, 0.25) is 0 Å². The van der Waals surface area contributed by atoms with Crippen molar-refractivity contribution in [2.45, 2.75) is 45.1 Å². The van der Waals surface area contributed by atoms with E-state index < -0.39 is 12.1 Å². The number of aliphatic carboxylic acids is 1. The summed E-state index contributed by atoms with van der Waals surface area (Å²) in [6, 6.07) is 1.86. The summed E-state index contributed by atoms with van der Waals surface area (Å²) in [4.78, 5) is 23.9. The summed E-state index contributed by atoms with van der Waals surface area (Å²) in [5.74, 6) is 1.09. The Morgan fingerprint density at radius 2 is 2.17 bits per heavy atom. The van der Waals surface area contributed by atoms with E-state index in [0.29, 0.717) is 30.7 Å². The van der Waals surface area contributed by atoms with E-state index in [0.717, 1.165) is 9.35 Å². The van der Waals surface area contributed by atoms with E-state index in [2.05, 4.69) is 23.4 Å². The number of aliphatic hydroxyl groups excluding tert-OH is 1. The average Bonchev–Trinajstić information content (AvgIpc) is 3.19. The maximum absolute atomic E-state index is 12.3. The summed E-state index contributed by atoms with van der Waals surface area (Å²) < 4.78 is 6.54. The fourth-order valence-electron chi connectivity index (χ4n) is 3.69. The van der Waals surface area contributed by atoms with Gasteiger partial charge in [0.05, 0.1) is 0 Å². The third-order valence-electron chi connectivity index (χ3n) is 5.33. The van der Waals surface area contributed by atoms with E-state index in [4.69, 9.17) is 9.84 Å². The number of carbonyl (C=O) groups is 2. The predicted octanol–water partition coefficient (Wildman–Crippen LogP) is 3.84. The predicted molar refractivity (Wildman–Crippen MR) is 126 cm³/mol. The molecule has 1 aromatic heterocycles. The van der Waals surface area contributed by atoms with Crippen molar-refractivity contribution in [2.75, 3.05) is 6.61 Å². The molecular weight excluding hydrogens is 467 g/mol. The number of halogens is 1. The Hall–Kier alpha value is -1.51. The number of ether oxygens (including phenoxy) is 1. The summed E-state index contributed by atoms with van der Waals surface area (Å²) in [6.07, 6.45) is 9.73. The number of aryl methyl sites for hydroxylation is 1. The van der Waals surface area contributed by atoms with Gasteiger partial charge in [-0.1, -0.05) is 0 Å². The molecule has 1 aliphatic rings. The van der Waals surface area contributed by atoms with Gasteiger partial charge >= 0.3 is 191 Å². The molecule has 0 spiro atoms. The first kappa shape index (κ1) is 24.8. The van der Waals surface area contributed by atoms with Gasteiger partial charge in [-0.3, -0.25) is 0 Å². The van der Waals surface area contributed by atoms with E-state index in [1.807, 2.05) is 37.2 Å². The molecule has 0 saturated heterocycles. The Kier molecular flexibility index (Phi) is 10.2. The Bertz CT molecular complexity index is 784. The minimum absolute atomic E-state index is 0.00425. The van der Waals surface area contributed by atoms with Gasteiger partial charge in [0.15, 0.2) is 0 Å². The third kappa shape index (κ3) is 7.63. The number of aliphatic hydroxyl groups is 1. The Balaban J connectivity index is 1.90. The second kappa shape index (κ2) is 12.4. The van der Waals surface area contributed by atoms with Crippen LogP contribution in [0.5, 0.6) is 5.06 Å². The van der Waals surface area contributed by atoms with Crippen molar-refractivity contribution < 1.29 is 24.5 Å². The number of carbonyl (C=O) groups excluding carboxylic acids is 1. The number of carboxylic acid groups (broad SMARTS) is 1. The molecule has 0 bridgehead atoms. The molecule has 8 heteroatoms. The summed E-state index contributed by atoms with van der Waals surface area (Å²) in [7, 11) is 3.88. The van der Waals surface area contributed by atoms with Crippen LogP contribution in [0.15, 0.2) is 34.8 Å². The SMILES string of the molecule is B=C[C@@H]1CC(O)[C@H](C/C=C\CCCC(=O)O)[C@H]1/C=C/C(=O)COc1cc(Br)c(C)s1. The van der Waals surface area contributed by atoms with Crippen LogP contribution in [-0.4, -0.2) is 48.1 Å². The van der Waals surface area contributed by atoms with Gasteiger partial charge in [-0.15, -0.1) is 0 Å². The molecule has 1 heterocycles. The first-order valence-corrected chi connectivity index (χ1v) is 11.7. The van der Waals surface area contributed by atoms with Gasteiger partial charge in [-0.2, -0.15) is 0 Å². The molecule has 4 atom stereocenters. The zero-order chi connectivity index (χ0) is 22.1. The molecule has 1 unspecified atom stereocenters. The molecular formula is C22H28BBrO5S. The second-order valence-corrected chi connectivity index (χ2v) is 9.59. The normalized spacial score (nSPS) is 23.9. The quantitative estimate of drug-likeness (QED) is 0.199. The first-order chi connectivity index (χ1) is 14.3. The van der Waals surface area contributed by atoms with Gasteiger partial charge < -0.3 is 0 Å². The van der Waals surface area contributed by atoms with Crippen LogP contribution < -0.4 is 4.74 Å². The molecule has 0 amide bonds. The van der Waals surface area contributed by atoms with Crippen LogP contribution >= 0.6 is 27.3 Å². The molecule has 1 aromatic rings. The number of hydrogen-bond acceptors (Lipinski definition) is 5. The van der Waals surface area contributed by atoms with Gasteiger partial charge in [0.2, 0.25) is 0 Å². The standard InChI is InChI=1S/C22H28BBrO5S/c1-14-19(24)11-22(30-14)29-13-16(25)8-9-17-15(12-23)10-20(26)18(17)6-4-2-3-5-7-21(27)28/h2,4,8-9,11-12,15,17-18,20,23,26H,3,5-7,10,13H2,1H3,(H,27,28)/b4-2-,9-8+/t15-,17-,18+,20?/m0/s1. The van der Waals surface area contributed by atoms with Crippen LogP contribution in [0.1, 0.15) is 37.0 Å². The van der Waals surface area contributed by atoms with Crippen LogP contribution in [0.3, 0.4) is 0 Å². The third-order valence-corrected chi connectivity index (χ3v) is 7.38. The molecule has 1 aliphatic carbocycles. The summed E-state index contributed by atoms with van der Waals surface area (Å²) in [5, 5.41) is 19.9. The van der Waals surface area contributed by atoms with E-state index in [1.54, 1.807) is 6.08 Å². The van der Waals surface area contributed by atoms with E-state index >= 15 is 0 Å². The van der Waals surface area contributed by atoms with Crippen molar-refractivity contribution in [3.63, 3.8) is 0 Å². The number of carboxylic acids is 1. The molecule has 5 nitrogen and oxygen atoms in total. The number of hydrogen-bond donors (Lipinski definition) is 2. The van der Waals surface area contributed by atoms with E-state index in [9.17, 15) is 14.7 Å². The Labute approximate surface area is 191 Å². The summed E-state index contributed by atoms with van der Waals surface area (Å²) >= 11 is 4.92.